The maximum Gasteiger partial charge on any atom is 0.224 e. The molecule has 1 saturated carbocycles. The average molecular weight is 380 g/mol. The molecule has 1 aromatic carbocycles. The van der Waals surface area contributed by atoms with Gasteiger partial charge < -0.3 is 15.5 Å². The molecule has 0 unspecified atom stereocenters. The zero-order valence-electron chi connectivity index (χ0n) is 14.5. The lowest BCUT2D eigenvalue weighted by molar-refractivity contribution is 0.405. The topological polar surface area (TPSA) is 53.1 Å². The lowest BCUT2D eigenvalue weighted by Crippen LogP contribution is -2.17. The molecule has 1 aliphatic rings. The Balaban J connectivity index is 1.76. The summed E-state index contributed by atoms with van der Waals surface area (Å²) in [7, 11) is 4.14. The van der Waals surface area contributed by atoms with E-state index in [-0.39, 0.29) is 0 Å². The van der Waals surface area contributed by atoms with Gasteiger partial charge in [-0.25, -0.2) is 4.98 Å². The Morgan fingerprint density at radius 2 is 1.88 bits per heavy atom. The van der Waals surface area contributed by atoms with Crippen molar-refractivity contribution in [2.75, 3.05) is 37.8 Å². The Labute approximate surface area is 158 Å². The van der Waals surface area contributed by atoms with E-state index in [1.807, 2.05) is 12.1 Å². The fraction of sp³-hybridized carbons (Fsp3) is 0.444. The van der Waals surface area contributed by atoms with Crippen LogP contribution >= 0.6 is 23.2 Å². The fourth-order valence-corrected chi connectivity index (χ4v) is 3.03. The van der Waals surface area contributed by atoms with E-state index < -0.39 is 0 Å². The van der Waals surface area contributed by atoms with Crippen molar-refractivity contribution >= 4 is 40.7 Å². The first-order valence-corrected chi connectivity index (χ1v) is 9.27. The first kappa shape index (κ1) is 18.2. The predicted molar refractivity (Wildman–Crippen MR) is 105 cm³/mol. The second-order valence-corrected chi connectivity index (χ2v) is 7.40. The minimum absolute atomic E-state index is 0.535. The van der Waals surface area contributed by atoms with Crippen LogP contribution in [0.3, 0.4) is 0 Å². The summed E-state index contributed by atoms with van der Waals surface area (Å²) in [6.07, 6.45) is 3.40. The van der Waals surface area contributed by atoms with Crippen molar-refractivity contribution in [3.05, 3.63) is 40.0 Å². The highest BCUT2D eigenvalue weighted by molar-refractivity contribution is 6.39. The summed E-state index contributed by atoms with van der Waals surface area (Å²) in [5.41, 5.74) is 1.74. The zero-order chi connectivity index (χ0) is 17.8. The Hall–Kier alpha value is -1.56. The summed E-state index contributed by atoms with van der Waals surface area (Å²) in [6.45, 7) is 1.86. The van der Waals surface area contributed by atoms with Crippen molar-refractivity contribution in [1.29, 1.82) is 0 Å². The second kappa shape index (κ2) is 8.21. The summed E-state index contributed by atoms with van der Waals surface area (Å²) >= 11 is 12.5. The summed E-state index contributed by atoms with van der Waals surface area (Å²) in [5.74, 6) is 1.89. The van der Waals surface area contributed by atoms with Crippen LogP contribution in [0.1, 0.15) is 30.9 Å². The van der Waals surface area contributed by atoms with Crippen LogP contribution in [-0.2, 0) is 0 Å². The molecule has 2 N–H and O–H groups in total. The van der Waals surface area contributed by atoms with Gasteiger partial charge in [0.15, 0.2) is 0 Å². The maximum absolute atomic E-state index is 6.26. The molecule has 134 valence electrons. The van der Waals surface area contributed by atoms with Gasteiger partial charge in [0, 0.05) is 18.5 Å². The lowest BCUT2D eigenvalue weighted by atomic mass is 10.2. The van der Waals surface area contributed by atoms with Crippen molar-refractivity contribution < 1.29 is 0 Å². The van der Waals surface area contributed by atoms with Gasteiger partial charge in [0.05, 0.1) is 21.4 Å². The molecule has 0 saturated heterocycles. The number of aromatic nitrogens is 2. The molecule has 0 amide bonds. The quantitative estimate of drug-likeness (QED) is 0.647. The maximum atomic E-state index is 6.26. The van der Waals surface area contributed by atoms with Gasteiger partial charge in [0.1, 0.15) is 5.82 Å². The minimum Gasteiger partial charge on any atom is -0.354 e. The largest absolute Gasteiger partial charge is 0.354 e. The number of halogens is 2. The number of rotatable bonds is 8. The van der Waals surface area contributed by atoms with Crippen molar-refractivity contribution in [1.82, 2.24) is 14.9 Å². The van der Waals surface area contributed by atoms with E-state index in [1.165, 1.54) is 12.8 Å². The predicted octanol–water partition coefficient (Wildman–Crippen LogP) is 4.77. The van der Waals surface area contributed by atoms with Crippen LogP contribution in [0.15, 0.2) is 24.3 Å². The third-order valence-corrected chi connectivity index (χ3v) is 4.65. The fourth-order valence-electron chi connectivity index (χ4n) is 2.54. The molecule has 1 heterocycles. The summed E-state index contributed by atoms with van der Waals surface area (Å²) in [6, 6.07) is 7.42. The molecule has 0 aliphatic heterocycles. The number of hydrogen-bond acceptors (Lipinski definition) is 5. The van der Waals surface area contributed by atoms with Gasteiger partial charge in [-0.1, -0.05) is 29.3 Å². The van der Waals surface area contributed by atoms with E-state index in [1.54, 1.807) is 12.1 Å². The third kappa shape index (κ3) is 5.21. The molecule has 25 heavy (non-hydrogen) atoms. The van der Waals surface area contributed by atoms with Crippen LogP contribution < -0.4 is 10.6 Å². The van der Waals surface area contributed by atoms with Gasteiger partial charge in [-0.3, -0.25) is 0 Å². The summed E-state index contributed by atoms with van der Waals surface area (Å²) in [4.78, 5) is 11.4. The monoisotopic (exact) mass is 379 g/mol. The molecule has 1 fully saturated rings. The number of benzene rings is 1. The van der Waals surface area contributed by atoms with Crippen LogP contribution in [0.5, 0.6) is 0 Å². The van der Waals surface area contributed by atoms with E-state index in [0.717, 1.165) is 25.2 Å². The van der Waals surface area contributed by atoms with Gasteiger partial charge in [-0.2, -0.15) is 4.98 Å². The smallest absolute Gasteiger partial charge is 0.224 e. The van der Waals surface area contributed by atoms with Crippen molar-refractivity contribution in [3.8, 4) is 0 Å². The van der Waals surface area contributed by atoms with Crippen LogP contribution in [0.4, 0.5) is 17.5 Å². The Bertz CT molecular complexity index is 711. The number of nitrogens with zero attached hydrogens (tertiary/aromatic N) is 3. The Morgan fingerprint density at radius 1 is 1.16 bits per heavy atom. The highest BCUT2D eigenvalue weighted by atomic mass is 35.5. The third-order valence-electron chi connectivity index (χ3n) is 4.02. The molecule has 0 bridgehead atoms. The number of para-hydroxylation sites is 1. The number of anilines is 3. The molecule has 5 nitrogen and oxygen atoms in total. The zero-order valence-corrected chi connectivity index (χ0v) is 16.0. The SMILES string of the molecule is CN(C)CCCNc1nc(Nc2c(Cl)cccc2Cl)cc(C2CC2)n1. The average Bonchev–Trinajstić information content (AvgIpc) is 3.40. The first-order chi connectivity index (χ1) is 12.0. The first-order valence-electron chi connectivity index (χ1n) is 8.51. The minimum atomic E-state index is 0.535. The summed E-state index contributed by atoms with van der Waals surface area (Å²) < 4.78 is 0. The van der Waals surface area contributed by atoms with Crippen LogP contribution in [0.25, 0.3) is 0 Å². The Kier molecular flexibility index (Phi) is 5.99. The van der Waals surface area contributed by atoms with Crippen LogP contribution in [0, 0.1) is 0 Å². The van der Waals surface area contributed by atoms with E-state index in [9.17, 15) is 0 Å². The highest BCUT2D eigenvalue weighted by Gasteiger charge is 2.26. The Morgan fingerprint density at radius 3 is 2.52 bits per heavy atom. The van der Waals surface area contributed by atoms with Gasteiger partial charge >= 0.3 is 0 Å². The van der Waals surface area contributed by atoms with E-state index >= 15 is 0 Å². The number of hydrogen-bond donors (Lipinski definition) is 2. The molecule has 0 spiro atoms. The molecule has 1 aromatic heterocycles. The van der Waals surface area contributed by atoms with E-state index in [4.69, 9.17) is 23.2 Å². The van der Waals surface area contributed by atoms with Crippen molar-refractivity contribution in [2.45, 2.75) is 25.2 Å². The van der Waals surface area contributed by atoms with Gasteiger partial charge in [0.25, 0.3) is 0 Å². The highest BCUT2D eigenvalue weighted by Crippen LogP contribution is 2.40. The van der Waals surface area contributed by atoms with Crippen LogP contribution in [0.2, 0.25) is 10.0 Å². The standard InChI is InChI=1S/C18H23Cl2N5/c1-25(2)10-4-9-21-18-22-15(12-7-8-12)11-16(24-18)23-17-13(19)5-3-6-14(17)20/h3,5-6,11-12H,4,7-10H2,1-2H3,(H2,21,22,23,24). The molecule has 0 radical (unpaired) electrons. The van der Waals surface area contributed by atoms with E-state index in [2.05, 4.69) is 39.6 Å². The summed E-state index contributed by atoms with van der Waals surface area (Å²) in [5, 5.41) is 7.71. The van der Waals surface area contributed by atoms with Crippen molar-refractivity contribution in [2.24, 2.45) is 0 Å². The molecular weight excluding hydrogens is 357 g/mol. The molecular formula is C18H23Cl2N5. The van der Waals surface area contributed by atoms with E-state index in [0.29, 0.717) is 33.4 Å². The molecule has 0 atom stereocenters. The lowest BCUT2D eigenvalue weighted by Gasteiger charge is -2.13. The van der Waals surface area contributed by atoms with Crippen molar-refractivity contribution in [3.63, 3.8) is 0 Å². The number of nitrogens with one attached hydrogen (secondary N) is 2. The second-order valence-electron chi connectivity index (χ2n) is 6.58. The molecule has 2 aromatic rings. The molecule has 1 aliphatic carbocycles. The van der Waals surface area contributed by atoms with Gasteiger partial charge in [-0.15, -0.1) is 0 Å². The van der Waals surface area contributed by atoms with Crippen LogP contribution in [-0.4, -0.2) is 42.1 Å². The van der Waals surface area contributed by atoms with Gasteiger partial charge in [0.2, 0.25) is 5.95 Å². The van der Waals surface area contributed by atoms with Gasteiger partial charge in [-0.05, 0) is 52.0 Å². The molecule has 7 heteroatoms. The normalized spacial score (nSPS) is 14.0. The molecule has 3 rings (SSSR count).